The van der Waals surface area contributed by atoms with Gasteiger partial charge in [-0.2, -0.15) is 0 Å². The Kier molecular flexibility index (Phi) is 4.24. The summed E-state index contributed by atoms with van der Waals surface area (Å²) in [6, 6.07) is 5.28. The first-order valence-electron chi connectivity index (χ1n) is 7.01. The lowest BCUT2D eigenvalue weighted by Crippen LogP contribution is -2.14. The SMILES string of the molecule is COc1ccc(OC)c(C(O)CNc2nccn3cnnc23)c1. The maximum atomic E-state index is 10.5. The molecule has 1 aromatic carbocycles. The van der Waals surface area contributed by atoms with Gasteiger partial charge in [-0.15, -0.1) is 10.2 Å². The number of anilines is 1. The van der Waals surface area contributed by atoms with E-state index < -0.39 is 6.10 Å². The number of aliphatic hydroxyl groups is 1. The summed E-state index contributed by atoms with van der Waals surface area (Å²) in [4.78, 5) is 4.22. The van der Waals surface area contributed by atoms with E-state index in [4.69, 9.17) is 9.47 Å². The zero-order chi connectivity index (χ0) is 16.2. The molecule has 8 nitrogen and oxygen atoms in total. The first kappa shape index (κ1) is 15.0. The van der Waals surface area contributed by atoms with Gasteiger partial charge in [-0.1, -0.05) is 0 Å². The Hall–Kier alpha value is -2.87. The molecule has 3 rings (SSSR count). The van der Waals surface area contributed by atoms with Crippen LogP contribution in [0.4, 0.5) is 5.82 Å². The molecule has 0 spiro atoms. The molecule has 3 aromatic rings. The number of aliphatic hydroxyl groups excluding tert-OH is 1. The molecular weight excluding hydrogens is 298 g/mol. The van der Waals surface area contributed by atoms with E-state index in [0.29, 0.717) is 28.5 Å². The van der Waals surface area contributed by atoms with Gasteiger partial charge in [0.2, 0.25) is 5.65 Å². The van der Waals surface area contributed by atoms with Crippen molar-refractivity contribution < 1.29 is 14.6 Å². The third kappa shape index (κ3) is 3.02. The molecule has 0 aliphatic carbocycles. The number of methoxy groups -OCH3 is 2. The number of nitrogens with zero attached hydrogens (tertiary/aromatic N) is 4. The molecule has 1 unspecified atom stereocenters. The predicted octanol–water partition coefficient (Wildman–Crippen LogP) is 1.29. The van der Waals surface area contributed by atoms with E-state index in [0.717, 1.165) is 0 Å². The lowest BCUT2D eigenvalue weighted by molar-refractivity contribution is 0.186. The van der Waals surface area contributed by atoms with Crippen LogP contribution in [-0.4, -0.2) is 45.5 Å². The van der Waals surface area contributed by atoms with Gasteiger partial charge < -0.3 is 19.9 Å². The van der Waals surface area contributed by atoms with Crippen LogP contribution in [-0.2, 0) is 0 Å². The predicted molar refractivity (Wildman–Crippen MR) is 83.8 cm³/mol. The van der Waals surface area contributed by atoms with E-state index in [1.807, 2.05) is 0 Å². The van der Waals surface area contributed by atoms with Gasteiger partial charge >= 0.3 is 0 Å². The quantitative estimate of drug-likeness (QED) is 0.708. The third-order valence-corrected chi connectivity index (χ3v) is 3.47. The Morgan fingerprint density at radius 2 is 2.17 bits per heavy atom. The number of nitrogens with one attached hydrogen (secondary N) is 1. The molecule has 0 bridgehead atoms. The topological polar surface area (TPSA) is 93.8 Å². The monoisotopic (exact) mass is 315 g/mol. The van der Waals surface area contributed by atoms with E-state index in [1.54, 1.807) is 55.5 Å². The molecule has 0 aliphatic heterocycles. The van der Waals surface area contributed by atoms with Crippen molar-refractivity contribution in [2.24, 2.45) is 0 Å². The molecule has 1 atom stereocenters. The zero-order valence-corrected chi connectivity index (χ0v) is 12.8. The number of aromatic nitrogens is 4. The first-order valence-corrected chi connectivity index (χ1v) is 7.01. The maximum Gasteiger partial charge on any atom is 0.203 e. The lowest BCUT2D eigenvalue weighted by Gasteiger charge is -2.16. The van der Waals surface area contributed by atoms with Crippen molar-refractivity contribution in [3.63, 3.8) is 0 Å². The standard InChI is InChI=1S/C15H17N5O3/c1-22-10-3-4-13(23-2)11(7-10)12(21)8-17-14-15-19-18-9-20(15)6-5-16-14/h3-7,9,12,21H,8H2,1-2H3,(H,16,17). The first-order chi connectivity index (χ1) is 11.2. The fraction of sp³-hybridized carbons (Fsp3) is 0.267. The number of benzene rings is 1. The molecule has 0 saturated carbocycles. The van der Waals surface area contributed by atoms with Crippen LogP contribution in [0, 0.1) is 0 Å². The van der Waals surface area contributed by atoms with Crippen LogP contribution in [0.25, 0.3) is 5.65 Å². The zero-order valence-electron chi connectivity index (χ0n) is 12.8. The second kappa shape index (κ2) is 6.49. The maximum absolute atomic E-state index is 10.5. The Morgan fingerprint density at radius 3 is 2.96 bits per heavy atom. The smallest absolute Gasteiger partial charge is 0.203 e. The van der Waals surface area contributed by atoms with E-state index in [2.05, 4.69) is 20.5 Å². The molecule has 0 fully saturated rings. The summed E-state index contributed by atoms with van der Waals surface area (Å²) in [5.41, 5.74) is 1.23. The van der Waals surface area contributed by atoms with Gasteiger partial charge in [0.15, 0.2) is 5.82 Å². The van der Waals surface area contributed by atoms with Crippen molar-refractivity contribution >= 4 is 11.5 Å². The van der Waals surface area contributed by atoms with Crippen LogP contribution in [0.1, 0.15) is 11.7 Å². The number of ether oxygens (including phenoxy) is 2. The molecule has 23 heavy (non-hydrogen) atoms. The van der Waals surface area contributed by atoms with Crippen LogP contribution in [0.2, 0.25) is 0 Å². The third-order valence-electron chi connectivity index (χ3n) is 3.47. The molecule has 2 aromatic heterocycles. The van der Waals surface area contributed by atoms with Gasteiger partial charge in [0.05, 0.1) is 20.3 Å². The van der Waals surface area contributed by atoms with E-state index in [-0.39, 0.29) is 6.54 Å². The van der Waals surface area contributed by atoms with Crippen molar-refractivity contribution in [3.8, 4) is 11.5 Å². The normalized spacial score (nSPS) is 12.1. The lowest BCUT2D eigenvalue weighted by atomic mass is 10.1. The minimum atomic E-state index is -0.801. The van der Waals surface area contributed by atoms with Gasteiger partial charge in [-0.3, -0.25) is 4.40 Å². The van der Waals surface area contributed by atoms with Gasteiger partial charge in [0.25, 0.3) is 0 Å². The Morgan fingerprint density at radius 1 is 1.30 bits per heavy atom. The highest BCUT2D eigenvalue weighted by Gasteiger charge is 2.15. The Labute approximate surface area is 132 Å². The van der Waals surface area contributed by atoms with Gasteiger partial charge in [-0.05, 0) is 18.2 Å². The van der Waals surface area contributed by atoms with Crippen molar-refractivity contribution in [1.29, 1.82) is 0 Å². The minimum Gasteiger partial charge on any atom is -0.497 e. The molecule has 0 amide bonds. The second-order valence-electron chi connectivity index (χ2n) is 4.84. The van der Waals surface area contributed by atoms with Gasteiger partial charge in [0, 0.05) is 24.5 Å². The summed E-state index contributed by atoms with van der Waals surface area (Å²) in [5, 5.41) is 21.4. The molecular formula is C15H17N5O3. The highest BCUT2D eigenvalue weighted by molar-refractivity contribution is 5.61. The van der Waals surface area contributed by atoms with Crippen molar-refractivity contribution in [2.45, 2.75) is 6.10 Å². The van der Waals surface area contributed by atoms with E-state index in [1.165, 1.54) is 0 Å². The molecule has 2 heterocycles. The molecule has 8 heteroatoms. The van der Waals surface area contributed by atoms with Crippen LogP contribution >= 0.6 is 0 Å². The minimum absolute atomic E-state index is 0.239. The van der Waals surface area contributed by atoms with Crippen molar-refractivity contribution in [1.82, 2.24) is 19.6 Å². The van der Waals surface area contributed by atoms with Crippen LogP contribution < -0.4 is 14.8 Å². The highest BCUT2D eigenvalue weighted by atomic mass is 16.5. The Balaban J connectivity index is 1.79. The number of hydrogen-bond donors (Lipinski definition) is 2. The number of hydrogen-bond acceptors (Lipinski definition) is 7. The number of rotatable bonds is 6. The largest absolute Gasteiger partial charge is 0.497 e. The average molecular weight is 315 g/mol. The molecule has 0 radical (unpaired) electrons. The summed E-state index contributed by atoms with van der Waals surface area (Å²) in [7, 11) is 3.14. The fourth-order valence-electron chi connectivity index (χ4n) is 2.29. The van der Waals surface area contributed by atoms with Crippen molar-refractivity contribution in [3.05, 3.63) is 42.5 Å². The summed E-state index contributed by atoms with van der Waals surface area (Å²) in [6.45, 7) is 0.239. The van der Waals surface area contributed by atoms with Gasteiger partial charge in [-0.25, -0.2) is 4.98 Å². The number of fused-ring (bicyclic) bond motifs is 1. The average Bonchev–Trinajstić information content (AvgIpc) is 3.08. The van der Waals surface area contributed by atoms with Crippen LogP contribution in [0.5, 0.6) is 11.5 Å². The summed E-state index contributed by atoms with van der Waals surface area (Å²) in [6.07, 6.45) is 4.17. The van der Waals surface area contributed by atoms with Crippen molar-refractivity contribution in [2.75, 3.05) is 26.1 Å². The van der Waals surface area contributed by atoms with E-state index >= 15 is 0 Å². The van der Waals surface area contributed by atoms with E-state index in [9.17, 15) is 5.11 Å². The second-order valence-corrected chi connectivity index (χ2v) is 4.84. The van der Waals surface area contributed by atoms with Crippen LogP contribution in [0.15, 0.2) is 36.9 Å². The summed E-state index contributed by atoms with van der Waals surface area (Å²) < 4.78 is 12.2. The molecule has 0 saturated heterocycles. The highest BCUT2D eigenvalue weighted by Crippen LogP contribution is 2.29. The summed E-state index contributed by atoms with van der Waals surface area (Å²) >= 11 is 0. The molecule has 2 N–H and O–H groups in total. The fourth-order valence-corrected chi connectivity index (χ4v) is 2.29. The van der Waals surface area contributed by atoms with Crippen LogP contribution in [0.3, 0.4) is 0 Å². The Bertz CT molecular complexity index is 805. The molecule has 120 valence electrons. The molecule has 0 aliphatic rings. The van der Waals surface area contributed by atoms with Gasteiger partial charge in [0.1, 0.15) is 17.8 Å². The summed E-state index contributed by atoms with van der Waals surface area (Å²) in [5.74, 6) is 1.79.